The van der Waals surface area contributed by atoms with Gasteiger partial charge in [0.2, 0.25) is 0 Å². The minimum Gasteiger partial charge on any atom is -0.491 e. The molecule has 5 nitrogen and oxygen atoms in total. The number of benzene rings is 2. The molecule has 0 aromatic heterocycles. The molecule has 150 valence electrons. The van der Waals surface area contributed by atoms with Gasteiger partial charge in [-0.3, -0.25) is 4.90 Å². The van der Waals surface area contributed by atoms with Gasteiger partial charge in [0, 0.05) is 0 Å². The van der Waals surface area contributed by atoms with Gasteiger partial charge in [-0.2, -0.15) is 0 Å². The van der Waals surface area contributed by atoms with E-state index >= 15 is 0 Å². The van der Waals surface area contributed by atoms with E-state index in [0.717, 1.165) is 16.9 Å². The fraction of sp³-hybridized carbons (Fsp3) is 0.435. The summed E-state index contributed by atoms with van der Waals surface area (Å²) >= 11 is 0. The Morgan fingerprint density at radius 3 is 2.46 bits per heavy atom. The highest BCUT2D eigenvalue weighted by Crippen LogP contribution is 2.30. The maximum absolute atomic E-state index is 12.7. The summed E-state index contributed by atoms with van der Waals surface area (Å²) in [6.45, 7) is 10.0. The summed E-state index contributed by atoms with van der Waals surface area (Å²) in [5, 5.41) is 0. The second kappa shape index (κ2) is 7.84. The van der Waals surface area contributed by atoms with Crippen molar-refractivity contribution in [3.05, 3.63) is 54.6 Å². The lowest BCUT2D eigenvalue weighted by atomic mass is 10.1. The molecular formula is C23H29NO4. The van der Waals surface area contributed by atoms with E-state index in [1.165, 1.54) is 0 Å². The van der Waals surface area contributed by atoms with E-state index < -0.39 is 11.3 Å². The van der Waals surface area contributed by atoms with Gasteiger partial charge in [-0.15, -0.1) is 0 Å². The van der Waals surface area contributed by atoms with Gasteiger partial charge >= 0.3 is 6.09 Å². The maximum Gasteiger partial charge on any atom is 0.413 e. The van der Waals surface area contributed by atoms with Crippen LogP contribution in [-0.4, -0.2) is 41.6 Å². The Labute approximate surface area is 167 Å². The van der Waals surface area contributed by atoms with E-state index in [1.54, 1.807) is 4.90 Å². The number of carbonyl (C=O) groups is 1. The van der Waals surface area contributed by atoms with Crippen LogP contribution in [0.2, 0.25) is 0 Å². The number of hydrogen-bond acceptors (Lipinski definition) is 4. The molecule has 0 bridgehead atoms. The number of amides is 1. The second-order valence-electron chi connectivity index (χ2n) is 8.47. The maximum atomic E-state index is 12.7. The van der Waals surface area contributed by atoms with Crippen LogP contribution in [0.3, 0.4) is 0 Å². The Hall–Kier alpha value is -2.53. The van der Waals surface area contributed by atoms with Crippen LogP contribution >= 0.6 is 0 Å². The molecule has 0 spiro atoms. The third-order valence-electron chi connectivity index (χ3n) is 4.55. The number of rotatable bonds is 4. The Bertz CT molecular complexity index is 811. The molecule has 1 amide bonds. The third-order valence-corrected chi connectivity index (χ3v) is 4.55. The highest BCUT2D eigenvalue weighted by molar-refractivity contribution is 5.70. The number of hydrogen-bond donors (Lipinski definition) is 0. The summed E-state index contributed by atoms with van der Waals surface area (Å²) in [7, 11) is 0. The number of nitrogens with zero attached hydrogens (tertiary/aromatic N) is 1. The molecule has 1 heterocycles. The highest BCUT2D eigenvalue weighted by atomic mass is 16.6. The summed E-state index contributed by atoms with van der Waals surface area (Å²) in [5.41, 5.74) is 0.923. The van der Waals surface area contributed by atoms with Gasteiger partial charge in [0.15, 0.2) is 0 Å². The van der Waals surface area contributed by atoms with Crippen molar-refractivity contribution in [1.29, 1.82) is 0 Å². The molecule has 28 heavy (non-hydrogen) atoms. The van der Waals surface area contributed by atoms with Gasteiger partial charge in [-0.1, -0.05) is 42.5 Å². The smallest absolute Gasteiger partial charge is 0.413 e. The first-order chi connectivity index (χ1) is 13.2. The first-order valence-corrected chi connectivity index (χ1v) is 9.60. The summed E-state index contributed by atoms with van der Waals surface area (Å²) in [4.78, 5) is 14.3. The lowest BCUT2D eigenvalue weighted by Crippen LogP contribution is -2.51. The van der Waals surface area contributed by atoms with Crippen molar-refractivity contribution in [3.63, 3.8) is 0 Å². The van der Waals surface area contributed by atoms with Gasteiger partial charge in [-0.05, 0) is 57.9 Å². The molecule has 1 saturated heterocycles. The molecule has 0 N–H and O–H groups in total. The zero-order valence-corrected chi connectivity index (χ0v) is 17.3. The number of carbonyl (C=O) groups excluding carboxylic acids is 1. The summed E-state index contributed by atoms with van der Waals surface area (Å²) < 4.78 is 17.4. The fourth-order valence-corrected chi connectivity index (χ4v) is 3.28. The van der Waals surface area contributed by atoms with Gasteiger partial charge in [0.25, 0.3) is 0 Å². The van der Waals surface area contributed by atoms with Crippen molar-refractivity contribution in [2.24, 2.45) is 0 Å². The molecule has 1 aliphatic rings. The molecule has 0 unspecified atom stereocenters. The quantitative estimate of drug-likeness (QED) is 0.737. The first-order valence-electron chi connectivity index (χ1n) is 9.60. The molecule has 1 atom stereocenters. The molecule has 1 fully saturated rings. The lowest BCUT2D eigenvalue weighted by Gasteiger charge is -2.35. The van der Waals surface area contributed by atoms with Gasteiger partial charge < -0.3 is 14.2 Å². The molecule has 5 heteroatoms. The topological polar surface area (TPSA) is 48.0 Å². The summed E-state index contributed by atoms with van der Waals surface area (Å²) in [6.07, 6.45) is -0.387. The van der Waals surface area contributed by atoms with Gasteiger partial charge in [0.05, 0.1) is 12.6 Å². The zero-order valence-electron chi connectivity index (χ0n) is 17.3. The Balaban J connectivity index is 1.70. The van der Waals surface area contributed by atoms with E-state index in [-0.39, 0.29) is 12.1 Å². The minimum absolute atomic E-state index is 0.217. The van der Waals surface area contributed by atoms with Crippen molar-refractivity contribution in [1.82, 2.24) is 4.90 Å². The second-order valence-corrected chi connectivity index (χ2v) is 8.47. The van der Waals surface area contributed by atoms with Crippen molar-refractivity contribution < 1.29 is 19.0 Å². The van der Waals surface area contributed by atoms with E-state index in [4.69, 9.17) is 14.2 Å². The van der Waals surface area contributed by atoms with E-state index in [9.17, 15) is 4.79 Å². The van der Waals surface area contributed by atoms with E-state index in [2.05, 4.69) is 18.2 Å². The number of ether oxygens (including phenoxy) is 3. The van der Waals surface area contributed by atoms with Crippen molar-refractivity contribution in [2.75, 3.05) is 13.2 Å². The standard InChI is InChI=1S/C23H29NO4/c1-22(2,3)28-21(25)24-19(16-27-23(24,4)5)15-26-20-13-9-12-18(14-20)17-10-7-6-8-11-17/h6-14,19H,15-16H2,1-5H3/t19-/m0/s1. The van der Waals surface area contributed by atoms with Crippen molar-refractivity contribution >= 4 is 6.09 Å². The lowest BCUT2D eigenvalue weighted by molar-refractivity contribution is -0.0637. The predicted molar refractivity (Wildman–Crippen MR) is 109 cm³/mol. The predicted octanol–water partition coefficient (Wildman–Crippen LogP) is 5.10. The molecule has 2 aromatic rings. The Morgan fingerprint density at radius 1 is 1.11 bits per heavy atom. The SMILES string of the molecule is CC(C)(C)OC(=O)N1[C@@H](COc2cccc(-c3ccccc3)c2)COC1(C)C. The first kappa shape index (κ1) is 20.2. The Kier molecular flexibility index (Phi) is 5.66. The normalized spacial score (nSPS) is 18.8. The van der Waals surface area contributed by atoms with Crippen LogP contribution < -0.4 is 4.74 Å². The van der Waals surface area contributed by atoms with Crippen molar-refractivity contribution in [2.45, 2.75) is 52.0 Å². The molecule has 1 aliphatic heterocycles. The minimum atomic E-state index is -0.734. The molecule has 3 rings (SSSR count). The van der Waals surface area contributed by atoms with Gasteiger partial charge in [0.1, 0.15) is 23.7 Å². The van der Waals surface area contributed by atoms with E-state index in [1.807, 2.05) is 71.0 Å². The zero-order chi connectivity index (χ0) is 20.4. The van der Waals surface area contributed by atoms with Crippen LogP contribution in [0.1, 0.15) is 34.6 Å². The van der Waals surface area contributed by atoms with Crippen LogP contribution in [0.25, 0.3) is 11.1 Å². The molecule has 0 radical (unpaired) electrons. The van der Waals surface area contributed by atoms with Crippen LogP contribution in [0, 0.1) is 0 Å². The summed E-state index contributed by atoms with van der Waals surface area (Å²) in [6, 6.07) is 17.9. The van der Waals surface area contributed by atoms with Gasteiger partial charge in [-0.25, -0.2) is 4.79 Å². The van der Waals surface area contributed by atoms with Crippen LogP contribution in [0.15, 0.2) is 54.6 Å². The average Bonchev–Trinajstić information content (AvgIpc) is 2.94. The van der Waals surface area contributed by atoms with E-state index in [0.29, 0.717) is 13.2 Å². The molecular weight excluding hydrogens is 354 g/mol. The van der Waals surface area contributed by atoms with Crippen LogP contribution in [-0.2, 0) is 9.47 Å². The fourth-order valence-electron chi connectivity index (χ4n) is 3.28. The molecule has 2 aromatic carbocycles. The Morgan fingerprint density at radius 2 is 1.79 bits per heavy atom. The highest BCUT2D eigenvalue weighted by Gasteiger charge is 2.46. The van der Waals surface area contributed by atoms with Crippen LogP contribution in [0.5, 0.6) is 5.75 Å². The molecule has 0 saturated carbocycles. The molecule has 0 aliphatic carbocycles. The average molecular weight is 383 g/mol. The van der Waals surface area contributed by atoms with Crippen molar-refractivity contribution in [3.8, 4) is 16.9 Å². The largest absolute Gasteiger partial charge is 0.491 e. The summed E-state index contributed by atoms with van der Waals surface area (Å²) in [5.74, 6) is 0.759. The van der Waals surface area contributed by atoms with Crippen LogP contribution in [0.4, 0.5) is 4.79 Å². The third kappa shape index (κ3) is 4.84. The monoisotopic (exact) mass is 383 g/mol.